The van der Waals surface area contributed by atoms with Gasteiger partial charge in [-0.2, -0.15) is 0 Å². The van der Waals surface area contributed by atoms with Gasteiger partial charge >= 0.3 is 0 Å². The van der Waals surface area contributed by atoms with E-state index in [0.29, 0.717) is 19.3 Å². The van der Waals surface area contributed by atoms with E-state index in [9.17, 15) is 19.3 Å². The topological polar surface area (TPSA) is 84.3 Å². The molecule has 0 spiro atoms. The third kappa shape index (κ3) is 3.18. The van der Waals surface area contributed by atoms with Crippen LogP contribution in [-0.2, 0) is 4.79 Å². The molecule has 1 aromatic carbocycles. The van der Waals surface area contributed by atoms with E-state index in [1.54, 1.807) is 0 Å². The first-order valence-electron chi connectivity index (χ1n) is 6.94. The SMILES string of the molecule is CCC1(C(=O)Nc2ccc([N+](=O)[O-])cc2F)CCNCC1. The van der Waals surface area contributed by atoms with Crippen LogP contribution in [0, 0.1) is 21.3 Å². The largest absolute Gasteiger partial charge is 0.323 e. The number of anilines is 1. The first kappa shape index (κ1) is 15.4. The number of nitrogens with zero attached hydrogens (tertiary/aromatic N) is 1. The summed E-state index contributed by atoms with van der Waals surface area (Å²) in [6.07, 6.45) is 2.07. The molecule has 7 heteroatoms. The van der Waals surface area contributed by atoms with Crippen LogP contribution in [0.3, 0.4) is 0 Å². The van der Waals surface area contributed by atoms with Crippen LogP contribution in [0.5, 0.6) is 0 Å². The summed E-state index contributed by atoms with van der Waals surface area (Å²) < 4.78 is 13.8. The standard InChI is InChI=1S/C14H18FN3O3/c1-2-14(5-7-16-8-6-14)13(19)17-12-4-3-10(18(20)21)9-11(12)15/h3-4,9,16H,2,5-8H2,1H3,(H,17,19). The van der Waals surface area contributed by atoms with Gasteiger partial charge in [0.15, 0.2) is 5.82 Å². The minimum absolute atomic E-state index is 0.0167. The highest BCUT2D eigenvalue weighted by Gasteiger charge is 2.38. The molecule has 1 amide bonds. The van der Waals surface area contributed by atoms with E-state index in [4.69, 9.17) is 0 Å². The summed E-state index contributed by atoms with van der Waals surface area (Å²) in [5.74, 6) is -1.02. The number of nitro groups is 1. The molecule has 1 saturated heterocycles. The number of rotatable bonds is 4. The Labute approximate surface area is 121 Å². The number of piperidine rings is 1. The van der Waals surface area contributed by atoms with Crippen molar-refractivity contribution in [1.29, 1.82) is 0 Å². The predicted octanol–water partition coefficient (Wildman–Crippen LogP) is 2.45. The number of carbonyl (C=O) groups is 1. The zero-order valence-electron chi connectivity index (χ0n) is 11.8. The molecule has 1 fully saturated rings. The maximum atomic E-state index is 13.8. The molecule has 21 heavy (non-hydrogen) atoms. The summed E-state index contributed by atoms with van der Waals surface area (Å²) >= 11 is 0. The zero-order chi connectivity index (χ0) is 15.5. The quantitative estimate of drug-likeness (QED) is 0.660. The summed E-state index contributed by atoms with van der Waals surface area (Å²) in [5, 5.41) is 16.3. The van der Waals surface area contributed by atoms with Gasteiger partial charge in [-0.15, -0.1) is 0 Å². The Kier molecular flexibility index (Phi) is 4.52. The Morgan fingerprint density at radius 1 is 1.48 bits per heavy atom. The fourth-order valence-corrected chi connectivity index (χ4v) is 2.62. The fraction of sp³-hybridized carbons (Fsp3) is 0.500. The average molecular weight is 295 g/mol. The highest BCUT2D eigenvalue weighted by atomic mass is 19.1. The lowest BCUT2D eigenvalue weighted by Gasteiger charge is -2.35. The van der Waals surface area contributed by atoms with Gasteiger partial charge in [-0.25, -0.2) is 4.39 Å². The van der Waals surface area contributed by atoms with Crippen molar-refractivity contribution in [3.05, 3.63) is 34.1 Å². The first-order chi connectivity index (χ1) is 9.98. The monoisotopic (exact) mass is 295 g/mol. The van der Waals surface area contributed by atoms with Gasteiger partial charge in [0.1, 0.15) is 0 Å². The molecule has 0 atom stereocenters. The second-order valence-electron chi connectivity index (χ2n) is 5.26. The molecule has 0 saturated carbocycles. The molecule has 0 bridgehead atoms. The van der Waals surface area contributed by atoms with E-state index in [1.807, 2.05) is 6.92 Å². The van der Waals surface area contributed by atoms with E-state index in [1.165, 1.54) is 12.1 Å². The maximum absolute atomic E-state index is 13.8. The van der Waals surface area contributed by atoms with Gasteiger partial charge in [0.2, 0.25) is 5.91 Å². The van der Waals surface area contributed by atoms with Gasteiger partial charge < -0.3 is 10.6 Å². The number of non-ortho nitro benzene ring substituents is 1. The molecule has 1 aromatic rings. The molecule has 0 aromatic heterocycles. The molecule has 114 valence electrons. The van der Waals surface area contributed by atoms with Gasteiger partial charge in [0.25, 0.3) is 5.69 Å². The number of hydrogen-bond acceptors (Lipinski definition) is 4. The molecule has 1 aliphatic rings. The van der Waals surface area contributed by atoms with Crippen molar-refractivity contribution in [2.24, 2.45) is 5.41 Å². The Balaban J connectivity index is 2.17. The Morgan fingerprint density at radius 3 is 2.67 bits per heavy atom. The zero-order valence-corrected chi connectivity index (χ0v) is 11.8. The van der Waals surface area contributed by atoms with E-state index < -0.39 is 16.2 Å². The van der Waals surface area contributed by atoms with Crippen LogP contribution in [0.15, 0.2) is 18.2 Å². The Hall–Kier alpha value is -2.02. The molecule has 1 heterocycles. The van der Waals surface area contributed by atoms with Crippen LogP contribution in [-0.4, -0.2) is 23.9 Å². The number of carbonyl (C=O) groups excluding carboxylic acids is 1. The Morgan fingerprint density at radius 2 is 2.14 bits per heavy atom. The second-order valence-corrected chi connectivity index (χ2v) is 5.26. The van der Waals surface area contributed by atoms with Gasteiger partial charge in [-0.05, 0) is 38.4 Å². The molecule has 0 radical (unpaired) electrons. The van der Waals surface area contributed by atoms with Crippen molar-refractivity contribution in [3.63, 3.8) is 0 Å². The van der Waals surface area contributed by atoms with Crippen molar-refractivity contribution in [1.82, 2.24) is 5.32 Å². The van der Waals surface area contributed by atoms with Crippen LogP contribution in [0.2, 0.25) is 0 Å². The van der Waals surface area contributed by atoms with E-state index in [-0.39, 0.29) is 17.3 Å². The fourth-order valence-electron chi connectivity index (χ4n) is 2.62. The predicted molar refractivity (Wildman–Crippen MR) is 76.5 cm³/mol. The van der Waals surface area contributed by atoms with E-state index in [0.717, 1.165) is 19.2 Å². The molecule has 6 nitrogen and oxygen atoms in total. The van der Waals surface area contributed by atoms with Crippen molar-refractivity contribution < 1.29 is 14.1 Å². The minimum atomic E-state index is -0.794. The maximum Gasteiger partial charge on any atom is 0.272 e. The summed E-state index contributed by atoms with van der Waals surface area (Å²) in [5.41, 5.74) is -0.853. The summed E-state index contributed by atoms with van der Waals surface area (Å²) in [6.45, 7) is 3.45. The lowest BCUT2D eigenvalue weighted by atomic mass is 9.76. The molecule has 1 aliphatic heterocycles. The van der Waals surface area contributed by atoms with Crippen LogP contribution in [0.1, 0.15) is 26.2 Å². The lowest BCUT2D eigenvalue weighted by Crippen LogP contribution is -2.44. The molecule has 2 rings (SSSR count). The Bertz CT molecular complexity index is 556. The normalized spacial score (nSPS) is 17.2. The second kappa shape index (κ2) is 6.17. The van der Waals surface area contributed by atoms with Crippen LogP contribution in [0.25, 0.3) is 0 Å². The molecular weight excluding hydrogens is 277 g/mol. The number of amides is 1. The van der Waals surface area contributed by atoms with Crippen molar-refractivity contribution in [2.45, 2.75) is 26.2 Å². The van der Waals surface area contributed by atoms with E-state index >= 15 is 0 Å². The molecule has 2 N–H and O–H groups in total. The number of benzene rings is 1. The number of hydrogen-bond donors (Lipinski definition) is 2. The van der Waals surface area contributed by atoms with E-state index in [2.05, 4.69) is 10.6 Å². The number of nitrogens with one attached hydrogen (secondary N) is 2. The summed E-state index contributed by atoms with van der Waals surface area (Å²) in [4.78, 5) is 22.4. The summed E-state index contributed by atoms with van der Waals surface area (Å²) in [7, 11) is 0. The minimum Gasteiger partial charge on any atom is -0.323 e. The molecule has 0 aliphatic carbocycles. The molecule has 0 unspecified atom stereocenters. The van der Waals surface area contributed by atoms with Gasteiger partial charge in [-0.1, -0.05) is 6.92 Å². The number of halogens is 1. The third-order valence-corrected chi connectivity index (χ3v) is 4.13. The van der Waals surface area contributed by atoms with Crippen molar-refractivity contribution in [3.8, 4) is 0 Å². The van der Waals surface area contributed by atoms with Crippen LogP contribution >= 0.6 is 0 Å². The summed E-state index contributed by atoms with van der Waals surface area (Å²) in [6, 6.07) is 3.23. The third-order valence-electron chi connectivity index (χ3n) is 4.13. The van der Waals surface area contributed by atoms with Crippen molar-refractivity contribution in [2.75, 3.05) is 18.4 Å². The highest BCUT2D eigenvalue weighted by Crippen LogP contribution is 2.34. The highest BCUT2D eigenvalue weighted by molar-refractivity contribution is 5.95. The number of nitro benzene ring substituents is 1. The van der Waals surface area contributed by atoms with Gasteiger partial charge in [-0.3, -0.25) is 14.9 Å². The van der Waals surface area contributed by atoms with Gasteiger partial charge in [0.05, 0.1) is 22.1 Å². The van der Waals surface area contributed by atoms with Crippen LogP contribution < -0.4 is 10.6 Å². The lowest BCUT2D eigenvalue weighted by molar-refractivity contribution is -0.385. The smallest absolute Gasteiger partial charge is 0.272 e. The molecular formula is C14H18FN3O3. The first-order valence-corrected chi connectivity index (χ1v) is 6.94. The van der Waals surface area contributed by atoms with Crippen LogP contribution in [0.4, 0.5) is 15.8 Å². The van der Waals surface area contributed by atoms with Gasteiger partial charge in [0, 0.05) is 6.07 Å². The van der Waals surface area contributed by atoms with Crippen molar-refractivity contribution >= 4 is 17.3 Å². The average Bonchev–Trinajstić information content (AvgIpc) is 2.49.